The highest BCUT2D eigenvalue weighted by atomic mass is 32.2. The van der Waals surface area contributed by atoms with Crippen molar-refractivity contribution in [1.82, 2.24) is 20.1 Å². The molecule has 0 spiro atoms. The van der Waals surface area contributed by atoms with Crippen LogP contribution in [0.5, 0.6) is 0 Å². The molecule has 2 amide bonds. The Labute approximate surface area is 197 Å². The van der Waals surface area contributed by atoms with Crippen molar-refractivity contribution in [2.45, 2.75) is 38.4 Å². The van der Waals surface area contributed by atoms with Gasteiger partial charge in [0.15, 0.2) is 11.0 Å². The molecule has 0 aliphatic rings. The number of benzene rings is 2. The van der Waals surface area contributed by atoms with Crippen LogP contribution in [0.3, 0.4) is 0 Å². The molecule has 3 rings (SSSR count). The number of para-hydroxylation sites is 1. The fraction of sp³-hybridized carbons (Fsp3) is 0.333. The Balaban J connectivity index is 1.66. The lowest BCUT2D eigenvalue weighted by molar-refractivity contribution is -0.113. The monoisotopic (exact) mass is 469 g/mol. The number of nitrogens with zero attached hydrogens (tertiary/aromatic N) is 3. The molecule has 0 fully saturated rings. The number of nitrogens with one attached hydrogen (secondary N) is 2. The Kier molecular flexibility index (Phi) is 8.21. The predicted octanol–water partition coefficient (Wildman–Crippen LogP) is 4.37. The molecule has 2 N–H and O–H groups in total. The quantitative estimate of drug-likeness (QED) is 0.454. The molecule has 1 heterocycles. The molecule has 0 bridgehead atoms. The first-order chi connectivity index (χ1) is 15.8. The average Bonchev–Trinajstić information content (AvgIpc) is 3.16. The summed E-state index contributed by atoms with van der Waals surface area (Å²) in [6.07, 6.45) is 0.830. The van der Waals surface area contributed by atoms with Gasteiger partial charge in [-0.3, -0.25) is 9.59 Å². The molecule has 0 saturated carbocycles. The van der Waals surface area contributed by atoms with Crippen molar-refractivity contribution < 1.29 is 14.0 Å². The molecular formula is C24H28FN5O2S. The topological polar surface area (TPSA) is 88.9 Å². The molecule has 1 atom stereocenters. The van der Waals surface area contributed by atoms with Gasteiger partial charge in [0.05, 0.1) is 11.8 Å². The van der Waals surface area contributed by atoms with E-state index in [9.17, 15) is 14.0 Å². The first-order valence-corrected chi connectivity index (χ1v) is 11.7. The molecular weight excluding hydrogens is 441 g/mol. The van der Waals surface area contributed by atoms with Gasteiger partial charge in [0.1, 0.15) is 5.82 Å². The van der Waals surface area contributed by atoms with E-state index in [-0.39, 0.29) is 23.5 Å². The number of hydrogen-bond donors (Lipinski definition) is 2. The number of anilines is 1. The van der Waals surface area contributed by atoms with Gasteiger partial charge in [-0.15, -0.1) is 10.2 Å². The Morgan fingerprint density at radius 3 is 2.45 bits per heavy atom. The van der Waals surface area contributed by atoms with Crippen LogP contribution in [0.1, 0.15) is 48.6 Å². The van der Waals surface area contributed by atoms with Gasteiger partial charge in [-0.05, 0) is 48.2 Å². The summed E-state index contributed by atoms with van der Waals surface area (Å²) in [5.74, 6) is -0.0543. The molecule has 9 heteroatoms. The number of aryl methyl sites for hydroxylation is 1. The first kappa shape index (κ1) is 24.4. The maximum Gasteiger partial charge on any atom is 0.251 e. The molecule has 3 aromatic rings. The van der Waals surface area contributed by atoms with Crippen LogP contribution >= 0.6 is 11.8 Å². The van der Waals surface area contributed by atoms with Crippen LogP contribution < -0.4 is 10.6 Å². The van der Waals surface area contributed by atoms with Gasteiger partial charge < -0.3 is 15.2 Å². The number of rotatable bonds is 9. The highest BCUT2D eigenvalue weighted by Gasteiger charge is 2.25. The third-order valence-electron chi connectivity index (χ3n) is 5.21. The lowest BCUT2D eigenvalue weighted by Crippen LogP contribution is -2.33. The van der Waals surface area contributed by atoms with E-state index in [1.165, 1.54) is 36.0 Å². The van der Waals surface area contributed by atoms with Gasteiger partial charge in [0, 0.05) is 18.3 Å². The molecule has 0 aliphatic heterocycles. The zero-order valence-corrected chi connectivity index (χ0v) is 19.9. The highest BCUT2D eigenvalue weighted by molar-refractivity contribution is 7.99. The maximum absolute atomic E-state index is 13.2. The number of carbonyl (C=O) groups is 2. The summed E-state index contributed by atoms with van der Waals surface area (Å²) >= 11 is 1.28. The second-order valence-corrected chi connectivity index (χ2v) is 8.89. The minimum absolute atomic E-state index is 0.0315. The normalized spacial score (nSPS) is 11.9. The molecule has 2 aromatic carbocycles. The van der Waals surface area contributed by atoms with Crippen molar-refractivity contribution in [1.29, 1.82) is 0 Å². The van der Waals surface area contributed by atoms with Gasteiger partial charge in [-0.2, -0.15) is 0 Å². The summed E-state index contributed by atoms with van der Waals surface area (Å²) in [6, 6.07) is 12.7. The van der Waals surface area contributed by atoms with Crippen molar-refractivity contribution in [3.63, 3.8) is 0 Å². The summed E-state index contributed by atoms with van der Waals surface area (Å²) < 4.78 is 15.0. The van der Waals surface area contributed by atoms with Crippen LogP contribution in [0.25, 0.3) is 0 Å². The summed E-state index contributed by atoms with van der Waals surface area (Å²) in [5, 5.41) is 15.0. The lowest BCUT2D eigenvalue weighted by Gasteiger charge is -2.21. The molecule has 1 aromatic heterocycles. The zero-order chi connectivity index (χ0) is 24.0. The Morgan fingerprint density at radius 1 is 1.09 bits per heavy atom. The van der Waals surface area contributed by atoms with E-state index in [1.54, 1.807) is 11.6 Å². The van der Waals surface area contributed by atoms with E-state index in [0.29, 0.717) is 16.5 Å². The first-order valence-electron chi connectivity index (χ1n) is 10.8. The van der Waals surface area contributed by atoms with Crippen molar-refractivity contribution in [2.75, 3.05) is 11.1 Å². The van der Waals surface area contributed by atoms with Gasteiger partial charge in [0.25, 0.3) is 5.91 Å². The van der Waals surface area contributed by atoms with E-state index in [1.807, 2.05) is 45.0 Å². The summed E-state index contributed by atoms with van der Waals surface area (Å²) in [5.41, 5.74) is 2.25. The fourth-order valence-electron chi connectivity index (χ4n) is 3.34. The highest BCUT2D eigenvalue weighted by Crippen LogP contribution is 2.25. The van der Waals surface area contributed by atoms with Crippen LogP contribution in [-0.2, 0) is 18.3 Å². The SMILES string of the molecule is CCc1ccccc1NC(=O)CSc1nnc([C@@H](NC(=O)c2ccc(F)cc2)C(C)C)n1C. The van der Waals surface area contributed by atoms with E-state index in [0.717, 1.165) is 17.7 Å². The molecule has 33 heavy (non-hydrogen) atoms. The molecule has 0 saturated heterocycles. The molecule has 0 unspecified atom stereocenters. The predicted molar refractivity (Wildman–Crippen MR) is 128 cm³/mol. The van der Waals surface area contributed by atoms with Gasteiger partial charge in [-0.1, -0.05) is 50.7 Å². The van der Waals surface area contributed by atoms with E-state index in [4.69, 9.17) is 0 Å². The molecule has 0 aliphatic carbocycles. The van der Waals surface area contributed by atoms with E-state index in [2.05, 4.69) is 20.8 Å². The second-order valence-electron chi connectivity index (χ2n) is 7.95. The standard InChI is InChI=1S/C24H28FN5O2S/c1-5-16-8-6-7-9-19(16)26-20(31)14-33-24-29-28-22(30(24)4)21(15(2)3)27-23(32)17-10-12-18(25)13-11-17/h6-13,15,21H,5,14H2,1-4H3,(H,26,31)(H,27,32)/t21-/m0/s1. The average molecular weight is 470 g/mol. The second kappa shape index (κ2) is 11.1. The Bertz CT molecular complexity index is 1110. The smallest absolute Gasteiger partial charge is 0.251 e. The summed E-state index contributed by atoms with van der Waals surface area (Å²) in [4.78, 5) is 25.1. The van der Waals surface area contributed by atoms with Crippen LogP contribution in [0.15, 0.2) is 53.7 Å². The van der Waals surface area contributed by atoms with Crippen molar-refractivity contribution in [2.24, 2.45) is 13.0 Å². The zero-order valence-electron chi connectivity index (χ0n) is 19.1. The van der Waals surface area contributed by atoms with Crippen LogP contribution in [0.4, 0.5) is 10.1 Å². The van der Waals surface area contributed by atoms with Crippen LogP contribution in [0, 0.1) is 11.7 Å². The lowest BCUT2D eigenvalue weighted by atomic mass is 10.0. The molecule has 174 valence electrons. The molecule has 7 nitrogen and oxygen atoms in total. The number of amides is 2. The third-order valence-corrected chi connectivity index (χ3v) is 6.23. The minimum Gasteiger partial charge on any atom is -0.342 e. The van der Waals surface area contributed by atoms with Gasteiger partial charge >= 0.3 is 0 Å². The fourth-order valence-corrected chi connectivity index (χ4v) is 4.06. The largest absolute Gasteiger partial charge is 0.342 e. The van der Waals surface area contributed by atoms with E-state index < -0.39 is 11.9 Å². The summed E-state index contributed by atoms with van der Waals surface area (Å²) in [7, 11) is 1.81. The minimum atomic E-state index is -0.403. The third kappa shape index (κ3) is 6.19. The Morgan fingerprint density at radius 2 is 1.79 bits per heavy atom. The van der Waals surface area contributed by atoms with Crippen molar-refractivity contribution >= 4 is 29.3 Å². The number of aromatic nitrogens is 3. The summed E-state index contributed by atoms with van der Waals surface area (Å²) in [6.45, 7) is 5.98. The van der Waals surface area contributed by atoms with Crippen molar-refractivity contribution in [3.05, 3.63) is 71.3 Å². The van der Waals surface area contributed by atoms with Crippen LogP contribution in [-0.4, -0.2) is 32.3 Å². The number of halogens is 1. The van der Waals surface area contributed by atoms with Gasteiger partial charge in [0.2, 0.25) is 5.91 Å². The Hall–Kier alpha value is -3.20. The van der Waals surface area contributed by atoms with Crippen molar-refractivity contribution in [3.8, 4) is 0 Å². The van der Waals surface area contributed by atoms with Crippen LogP contribution in [0.2, 0.25) is 0 Å². The maximum atomic E-state index is 13.2. The van der Waals surface area contributed by atoms with Gasteiger partial charge in [-0.25, -0.2) is 4.39 Å². The number of hydrogen-bond acceptors (Lipinski definition) is 5. The number of thioether (sulfide) groups is 1. The number of carbonyl (C=O) groups excluding carboxylic acids is 2. The van der Waals surface area contributed by atoms with E-state index >= 15 is 0 Å². The molecule has 0 radical (unpaired) electrons.